The quantitative estimate of drug-likeness (QED) is 0.605. The first-order valence-electron chi connectivity index (χ1n) is 4.72. The average Bonchev–Trinajstić information content (AvgIpc) is 2.56. The fourth-order valence-corrected chi connectivity index (χ4v) is 1.70. The summed E-state index contributed by atoms with van der Waals surface area (Å²) >= 11 is 0. The number of rotatable bonds is 1. The highest BCUT2D eigenvalue weighted by atomic mass is 16.2. The molecule has 0 radical (unpaired) electrons. The van der Waals surface area contributed by atoms with E-state index in [0.29, 0.717) is 0 Å². The van der Waals surface area contributed by atoms with E-state index in [2.05, 4.69) is 16.1 Å². The first-order valence-corrected chi connectivity index (χ1v) is 4.72. The molecular weight excluding hydrogens is 178 g/mol. The zero-order valence-corrected chi connectivity index (χ0v) is 8.02. The fraction of sp³-hybridized carbons (Fsp3) is 0.400. The Morgan fingerprint density at radius 1 is 1.50 bits per heavy atom. The van der Waals surface area contributed by atoms with Crippen LogP contribution in [0.4, 0.5) is 0 Å². The average molecular weight is 191 g/mol. The molecule has 4 nitrogen and oxygen atoms in total. The largest absolute Gasteiger partial charge is 0.337 e. The maximum Gasteiger partial charge on any atom is 0.246 e. The van der Waals surface area contributed by atoms with Gasteiger partial charge in [0.15, 0.2) is 0 Å². The summed E-state index contributed by atoms with van der Waals surface area (Å²) in [5, 5.41) is 0. The Labute approximate surface area is 82.9 Å². The number of carbonyl (C=O) groups is 1. The van der Waals surface area contributed by atoms with Gasteiger partial charge in [-0.05, 0) is 6.08 Å². The van der Waals surface area contributed by atoms with Crippen molar-refractivity contribution in [2.75, 3.05) is 13.1 Å². The summed E-state index contributed by atoms with van der Waals surface area (Å²) in [7, 11) is 0. The van der Waals surface area contributed by atoms with Crippen molar-refractivity contribution < 1.29 is 4.79 Å². The van der Waals surface area contributed by atoms with E-state index in [0.717, 1.165) is 31.9 Å². The maximum absolute atomic E-state index is 11.4. The number of imidazole rings is 1. The lowest BCUT2D eigenvalue weighted by molar-refractivity contribution is -0.126. The van der Waals surface area contributed by atoms with Crippen LogP contribution in [-0.2, 0) is 17.8 Å². The van der Waals surface area contributed by atoms with Crippen LogP contribution in [0.25, 0.3) is 0 Å². The molecule has 0 fully saturated rings. The third-order valence-corrected chi connectivity index (χ3v) is 2.50. The number of aromatic nitrogens is 2. The molecule has 2 rings (SSSR count). The molecule has 1 aliphatic rings. The summed E-state index contributed by atoms with van der Waals surface area (Å²) in [4.78, 5) is 17.4. The molecule has 1 aromatic heterocycles. The molecule has 0 aromatic carbocycles. The van der Waals surface area contributed by atoms with E-state index in [9.17, 15) is 4.79 Å². The lowest BCUT2D eigenvalue weighted by Crippen LogP contribution is -2.32. The minimum Gasteiger partial charge on any atom is -0.337 e. The van der Waals surface area contributed by atoms with Crippen LogP contribution in [0.2, 0.25) is 0 Å². The minimum atomic E-state index is 0.00996. The van der Waals surface area contributed by atoms with Crippen molar-refractivity contribution in [1.29, 1.82) is 0 Å². The first-order chi connectivity index (χ1) is 6.81. The van der Waals surface area contributed by atoms with E-state index in [4.69, 9.17) is 0 Å². The lowest BCUT2D eigenvalue weighted by atomic mass is 10.3. The molecule has 0 unspecified atom stereocenters. The molecule has 0 bridgehead atoms. The standard InChI is InChI=1S/C10H13N3O/c1-2-10(14)13-5-3-9-11-4-6-12(9)7-8-13/h2,4,6H,1,3,5,7-8H2. The van der Waals surface area contributed by atoms with Crippen LogP contribution in [0, 0.1) is 0 Å². The topological polar surface area (TPSA) is 38.1 Å². The smallest absolute Gasteiger partial charge is 0.246 e. The number of amides is 1. The number of hydrogen-bond donors (Lipinski definition) is 0. The number of hydrogen-bond acceptors (Lipinski definition) is 2. The predicted octanol–water partition coefficient (Wildman–Crippen LogP) is 0.454. The Balaban J connectivity index is 2.10. The molecule has 4 heteroatoms. The zero-order chi connectivity index (χ0) is 9.97. The van der Waals surface area contributed by atoms with Crippen molar-refractivity contribution in [3.63, 3.8) is 0 Å². The van der Waals surface area contributed by atoms with Crippen LogP contribution in [-0.4, -0.2) is 33.4 Å². The Kier molecular flexibility index (Phi) is 2.35. The summed E-state index contributed by atoms with van der Waals surface area (Å²) < 4.78 is 2.09. The highest BCUT2D eigenvalue weighted by Gasteiger charge is 2.15. The summed E-state index contributed by atoms with van der Waals surface area (Å²) in [6.45, 7) is 5.80. The number of nitrogens with zero attached hydrogens (tertiary/aromatic N) is 3. The second kappa shape index (κ2) is 3.65. The third-order valence-electron chi connectivity index (χ3n) is 2.50. The van der Waals surface area contributed by atoms with Crippen LogP contribution in [0.5, 0.6) is 0 Å². The van der Waals surface area contributed by atoms with Gasteiger partial charge in [-0.1, -0.05) is 6.58 Å². The third kappa shape index (κ3) is 1.55. The second-order valence-corrected chi connectivity index (χ2v) is 3.32. The van der Waals surface area contributed by atoms with Crippen LogP contribution in [0.3, 0.4) is 0 Å². The van der Waals surface area contributed by atoms with Crippen molar-refractivity contribution in [3.8, 4) is 0 Å². The van der Waals surface area contributed by atoms with Gasteiger partial charge in [-0.2, -0.15) is 0 Å². The fourth-order valence-electron chi connectivity index (χ4n) is 1.70. The highest BCUT2D eigenvalue weighted by molar-refractivity contribution is 5.86. The van der Waals surface area contributed by atoms with Crippen molar-refractivity contribution in [2.45, 2.75) is 13.0 Å². The van der Waals surface area contributed by atoms with Gasteiger partial charge in [-0.3, -0.25) is 4.79 Å². The van der Waals surface area contributed by atoms with Gasteiger partial charge in [0.2, 0.25) is 5.91 Å². The minimum absolute atomic E-state index is 0.00996. The van der Waals surface area contributed by atoms with Gasteiger partial charge in [0.05, 0.1) is 0 Å². The van der Waals surface area contributed by atoms with Gasteiger partial charge < -0.3 is 9.47 Å². The molecule has 1 aliphatic heterocycles. The van der Waals surface area contributed by atoms with E-state index in [-0.39, 0.29) is 5.91 Å². The molecule has 0 saturated carbocycles. The number of carbonyl (C=O) groups excluding carboxylic acids is 1. The molecule has 14 heavy (non-hydrogen) atoms. The van der Waals surface area contributed by atoms with Gasteiger partial charge >= 0.3 is 0 Å². The second-order valence-electron chi connectivity index (χ2n) is 3.32. The summed E-state index contributed by atoms with van der Waals surface area (Å²) in [5.74, 6) is 1.07. The highest BCUT2D eigenvalue weighted by Crippen LogP contribution is 2.06. The van der Waals surface area contributed by atoms with E-state index >= 15 is 0 Å². The normalized spacial score (nSPS) is 15.9. The van der Waals surface area contributed by atoms with Crippen LogP contribution >= 0.6 is 0 Å². The van der Waals surface area contributed by atoms with Gasteiger partial charge in [-0.15, -0.1) is 0 Å². The van der Waals surface area contributed by atoms with Crippen LogP contribution in [0.1, 0.15) is 5.82 Å². The van der Waals surface area contributed by atoms with Gasteiger partial charge in [0.1, 0.15) is 5.82 Å². The Hall–Kier alpha value is -1.58. The van der Waals surface area contributed by atoms with Crippen molar-refractivity contribution >= 4 is 5.91 Å². The Bertz CT molecular complexity index is 334. The summed E-state index contributed by atoms with van der Waals surface area (Å²) in [6, 6.07) is 0. The van der Waals surface area contributed by atoms with Gasteiger partial charge in [0, 0.05) is 38.4 Å². The van der Waals surface area contributed by atoms with Gasteiger partial charge in [-0.25, -0.2) is 4.98 Å². The molecular formula is C10H13N3O. The lowest BCUT2D eigenvalue weighted by Gasteiger charge is -2.17. The molecule has 0 saturated heterocycles. The first kappa shape index (κ1) is 8.99. The molecule has 1 aromatic rings. The molecule has 74 valence electrons. The Morgan fingerprint density at radius 3 is 3.14 bits per heavy atom. The van der Waals surface area contributed by atoms with E-state index in [1.807, 2.05) is 11.1 Å². The predicted molar refractivity (Wildman–Crippen MR) is 52.7 cm³/mol. The molecule has 0 atom stereocenters. The molecule has 0 N–H and O–H groups in total. The molecule has 2 heterocycles. The summed E-state index contributed by atoms with van der Waals surface area (Å²) in [6.07, 6.45) is 5.96. The van der Waals surface area contributed by atoms with E-state index in [1.54, 1.807) is 6.20 Å². The molecule has 0 aliphatic carbocycles. The zero-order valence-electron chi connectivity index (χ0n) is 8.02. The van der Waals surface area contributed by atoms with Gasteiger partial charge in [0.25, 0.3) is 0 Å². The van der Waals surface area contributed by atoms with Crippen LogP contribution < -0.4 is 0 Å². The maximum atomic E-state index is 11.4. The van der Waals surface area contributed by atoms with E-state index in [1.165, 1.54) is 6.08 Å². The monoisotopic (exact) mass is 191 g/mol. The van der Waals surface area contributed by atoms with Crippen LogP contribution in [0.15, 0.2) is 25.0 Å². The Morgan fingerprint density at radius 2 is 2.36 bits per heavy atom. The van der Waals surface area contributed by atoms with Crippen molar-refractivity contribution in [1.82, 2.24) is 14.5 Å². The SMILES string of the molecule is C=CC(=O)N1CCc2nccn2CC1. The summed E-state index contributed by atoms with van der Waals surface area (Å²) in [5.41, 5.74) is 0. The van der Waals surface area contributed by atoms with Crippen molar-refractivity contribution in [2.24, 2.45) is 0 Å². The van der Waals surface area contributed by atoms with Crippen molar-refractivity contribution in [3.05, 3.63) is 30.9 Å². The van der Waals surface area contributed by atoms with E-state index < -0.39 is 0 Å². The number of fused-ring (bicyclic) bond motifs is 1. The molecule has 0 spiro atoms. The molecule has 1 amide bonds.